The molecule has 10 nitrogen and oxygen atoms in total. The van der Waals surface area contributed by atoms with Crippen LogP contribution < -0.4 is 20.1 Å². The van der Waals surface area contributed by atoms with Crippen LogP contribution >= 0.6 is 0 Å². The van der Waals surface area contributed by atoms with Gasteiger partial charge in [-0.1, -0.05) is 6.07 Å². The largest absolute Gasteiger partial charge is 0.486 e. The van der Waals surface area contributed by atoms with Gasteiger partial charge in [0.15, 0.2) is 22.8 Å². The van der Waals surface area contributed by atoms with Crippen molar-refractivity contribution in [3.8, 4) is 17.6 Å². The number of aryl methyl sites for hydroxylation is 1. The monoisotopic (exact) mass is 489 g/mol. The van der Waals surface area contributed by atoms with Crippen LogP contribution in [-0.2, 0) is 13.6 Å². The molecule has 0 amide bonds. The van der Waals surface area contributed by atoms with Gasteiger partial charge in [0.05, 0.1) is 17.8 Å². The van der Waals surface area contributed by atoms with E-state index < -0.39 is 0 Å². The average molecular weight is 490 g/mol. The van der Waals surface area contributed by atoms with Gasteiger partial charge in [0.25, 0.3) is 0 Å². The standard InChI is InChI=1S/C26H31N7O3/c1-16-13-33(24-23-20(30(4)25(34)28-24)14-31(29-23)10-9-27)17(2)12-32(16)18(3)19-5-6-21-22(11-19)36-26(7-8-26)15-35-21/h5-6,11,14,16-18H,7-8,10,12-13,15H2,1-4H3/t16-,17+,18?/m1/s1. The van der Waals surface area contributed by atoms with E-state index in [9.17, 15) is 4.79 Å². The Hall–Kier alpha value is -3.58. The predicted octanol–water partition coefficient (Wildman–Crippen LogP) is 2.62. The summed E-state index contributed by atoms with van der Waals surface area (Å²) in [5.41, 5.74) is 2.10. The highest BCUT2D eigenvalue weighted by Crippen LogP contribution is 2.48. The number of nitrogens with zero attached hydrogens (tertiary/aromatic N) is 7. The van der Waals surface area contributed by atoms with Gasteiger partial charge in [0.2, 0.25) is 0 Å². The maximum absolute atomic E-state index is 12.7. The minimum atomic E-state index is -0.325. The summed E-state index contributed by atoms with van der Waals surface area (Å²) >= 11 is 0. The molecule has 1 aliphatic carbocycles. The van der Waals surface area contributed by atoms with Crippen molar-refractivity contribution in [1.29, 1.82) is 5.26 Å². The second kappa shape index (κ2) is 8.23. The van der Waals surface area contributed by atoms with Crippen molar-refractivity contribution in [3.63, 3.8) is 0 Å². The Morgan fingerprint density at radius 1 is 1.22 bits per heavy atom. The molecule has 1 saturated carbocycles. The molecule has 3 aromatic rings. The van der Waals surface area contributed by atoms with Crippen LogP contribution in [0.1, 0.15) is 45.2 Å². The lowest BCUT2D eigenvalue weighted by Crippen LogP contribution is -2.57. The normalized spacial score (nSPS) is 23.6. The zero-order chi connectivity index (χ0) is 25.2. The van der Waals surface area contributed by atoms with Gasteiger partial charge in [-0.25, -0.2) is 4.79 Å². The number of piperazine rings is 1. The number of aromatic nitrogens is 4. The summed E-state index contributed by atoms with van der Waals surface area (Å²) in [5.74, 6) is 2.26. The first-order valence-corrected chi connectivity index (χ1v) is 12.6. The SMILES string of the molecule is CC(c1ccc2c(c1)OC1(CC1)CO2)N1C[C@H](C)N(c2nc(=O)n(C)c3cn(CC#N)nc23)C[C@H]1C. The second-order valence-corrected chi connectivity index (χ2v) is 10.5. The molecule has 6 rings (SSSR count). The summed E-state index contributed by atoms with van der Waals surface area (Å²) in [5, 5.41) is 13.7. The van der Waals surface area contributed by atoms with Gasteiger partial charge in [0, 0.05) is 38.3 Å². The van der Waals surface area contributed by atoms with E-state index in [4.69, 9.17) is 14.7 Å². The minimum Gasteiger partial charge on any atom is -0.486 e. The lowest BCUT2D eigenvalue weighted by molar-refractivity contribution is 0.0709. The molecule has 1 saturated heterocycles. The van der Waals surface area contributed by atoms with Crippen molar-refractivity contribution in [3.05, 3.63) is 40.4 Å². The first-order chi connectivity index (χ1) is 17.3. The van der Waals surface area contributed by atoms with Crippen LogP contribution in [0.25, 0.3) is 11.0 Å². The molecule has 2 aromatic heterocycles. The third-order valence-corrected chi connectivity index (χ3v) is 7.92. The summed E-state index contributed by atoms with van der Waals surface area (Å²) in [6.45, 7) is 8.87. The molecule has 0 N–H and O–H groups in total. The van der Waals surface area contributed by atoms with Crippen LogP contribution in [0, 0.1) is 11.3 Å². The van der Waals surface area contributed by atoms with Gasteiger partial charge in [-0.2, -0.15) is 15.3 Å². The molecular formula is C26H31N7O3. The van der Waals surface area contributed by atoms with E-state index in [1.807, 2.05) is 6.07 Å². The Balaban J connectivity index is 1.27. The Morgan fingerprint density at radius 3 is 2.78 bits per heavy atom. The molecule has 4 heterocycles. The van der Waals surface area contributed by atoms with Crippen molar-refractivity contribution in [2.75, 3.05) is 24.6 Å². The molecule has 1 aromatic carbocycles. The van der Waals surface area contributed by atoms with Gasteiger partial charge >= 0.3 is 5.69 Å². The number of nitriles is 1. The third-order valence-electron chi connectivity index (χ3n) is 7.92. The Kier molecular flexibility index (Phi) is 5.23. The van der Waals surface area contributed by atoms with Crippen LogP contribution in [-0.4, -0.2) is 61.6 Å². The number of hydrogen-bond donors (Lipinski definition) is 0. The fourth-order valence-corrected chi connectivity index (χ4v) is 5.51. The number of anilines is 1. The van der Waals surface area contributed by atoms with Crippen molar-refractivity contribution < 1.29 is 9.47 Å². The van der Waals surface area contributed by atoms with Gasteiger partial charge in [-0.05, 0) is 51.3 Å². The second-order valence-electron chi connectivity index (χ2n) is 10.5. The molecule has 3 atom stereocenters. The lowest BCUT2D eigenvalue weighted by Gasteiger charge is -2.47. The average Bonchev–Trinajstić information content (AvgIpc) is 3.47. The van der Waals surface area contributed by atoms with Crippen molar-refractivity contribution >= 4 is 16.9 Å². The minimum absolute atomic E-state index is 0.104. The number of hydrogen-bond acceptors (Lipinski definition) is 8. The van der Waals surface area contributed by atoms with Crippen LogP contribution in [0.2, 0.25) is 0 Å². The van der Waals surface area contributed by atoms with E-state index in [-0.39, 0.29) is 36.0 Å². The van der Waals surface area contributed by atoms with Gasteiger partial charge in [-0.3, -0.25) is 14.1 Å². The fraction of sp³-hybridized carbons (Fsp3) is 0.538. The van der Waals surface area contributed by atoms with E-state index >= 15 is 0 Å². The zero-order valence-electron chi connectivity index (χ0n) is 21.1. The maximum atomic E-state index is 12.7. The Morgan fingerprint density at radius 2 is 2.03 bits per heavy atom. The van der Waals surface area contributed by atoms with Crippen LogP contribution in [0.5, 0.6) is 11.5 Å². The number of benzene rings is 1. The highest BCUT2D eigenvalue weighted by Gasteiger charge is 2.49. The zero-order valence-corrected chi connectivity index (χ0v) is 21.1. The lowest BCUT2D eigenvalue weighted by atomic mass is 10.00. The summed E-state index contributed by atoms with van der Waals surface area (Å²) < 4.78 is 15.3. The van der Waals surface area contributed by atoms with E-state index in [2.05, 4.69) is 58.9 Å². The van der Waals surface area contributed by atoms with Crippen LogP contribution in [0.4, 0.5) is 5.82 Å². The molecule has 2 aliphatic heterocycles. The molecule has 0 bridgehead atoms. The van der Waals surface area contributed by atoms with E-state index in [0.29, 0.717) is 30.0 Å². The maximum Gasteiger partial charge on any atom is 0.349 e. The van der Waals surface area contributed by atoms with Gasteiger partial charge < -0.3 is 14.4 Å². The van der Waals surface area contributed by atoms with Gasteiger partial charge in [0.1, 0.15) is 18.8 Å². The molecule has 2 fully saturated rings. The number of ether oxygens (including phenoxy) is 2. The highest BCUT2D eigenvalue weighted by atomic mass is 16.6. The molecule has 1 unspecified atom stereocenters. The van der Waals surface area contributed by atoms with Gasteiger partial charge in [-0.15, -0.1) is 0 Å². The summed E-state index contributed by atoms with van der Waals surface area (Å²) in [6.07, 6.45) is 3.86. The van der Waals surface area contributed by atoms with E-state index in [1.54, 1.807) is 17.9 Å². The number of fused-ring (bicyclic) bond motifs is 2. The smallest absolute Gasteiger partial charge is 0.349 e. The fourth-order valence-electron chi connectivity index (χ4n) is 5.51. The molecule has 3 aliphatic rings. The van der Waals surface area contributed by atoms with E-state index in [0.717, 1.165) is 30.9 Å². The van der Waals surface area contributed by atoms with E-state index in [1.165, 1.54) is 10.1 Å². The summed E-state index contributed by atoms with van der Waals surface area (Å²) in [6, 6.07) is 8.91. The molecule has 188 valence electrons. The molecule has 36 heavy (non-hydrogen) atoms. The van der Waals surface area contributed by atoms with Crippen molar-refractivity contribution in [2.24, 2.45) is 7.05 Å². The van der Waals surface area contributed by atoms with Crippen LogP contribution in [0.3, 0.4) is 0 Å². The summed E-state index contributed by atoms with van der Waals surface area (Å²) in [4.78, 5) is 21.7. The predicted molar refractivity (Wildman–Crippen MR) is 134 cm³/mol. The first kappa shape index (κ1) is 22.9. The Bertz CT molecular complexity index is 1430. The first-order valence-electron chi connectivity index (χ1n) is 12.6. The topological polar surface area (TPSA) is 101 Å². The number of rotatable bonds is 4. The molecule has 1 spiro atoms. The molecular weight excluding hydrogens is 458 g/mol. The van der Waals surface area contributed by atoms with Crippen LogP contribution in [0.15, 0.2) is 29.2 Å². The Labute approximate surface area is 209 Å². The molecule has 0 radical (unpaired) electrons. The van der Waals surface area contributed by atoms with Crippen molar-refractivity contribution in [1.82, 2.24) is 24.2 Å². The van der Waals surface area contributed by atoms with Crippen molar-refractivity contribution in [2.45, 2.75) is 63.9 Å². The highest BCUT2D eigenvalue weighted by molar-refractivity contribution is 5.85. The quantitative estimate of drug-likeness (QED) is 0.551. The molecule has 10 heteroatoms. The third kappa shape index (κ3) is 3.69. The summed E-state index contributed by atoms with van der Waals surface area (Å²) in [7, 11) is 1.68.